The molecular weight excluding hydrogens is 448 g/mol. The lowest BCUT2D eigenvalue weighted by Crippen LogP contribution is -2.26. The Kier molecular flexibility index (Phi) is 6.60. The van der Waals surface area contributed by atoms with Crippen molar-refractivity contribution in [3.05, 3.63) is 102 Å². The Morgan fingerprint density at radius 3 is 2.59 bits per heavy atom. The molecule has 34 heavy (non-hydrogen) atoms. The van der Waals surface area contributed by atoms with Crippen LogP contribution in [0.1, 0.15) is 11.1 Å². The standard InChI is InChI=1S/C26H24N4O3S/c1-19-7-5-9-21(17-19)30(2)34(32,33)22-10-6-8-20(18-22)13-14-25(31)29-24-12-4-3-11-23(24)26-27-15-16-28-26/h3-18H,1-2H3,(H,27,28)(H,29,31)/b14-13+. The highest BCUT2D eigenvalue weighted by Gasteiger charge is 2.21. The Balaban J connectivity index is 1.52. The predicted octanol–water partition coefficient (Wildman–Crippen LogP) is 4.86. The number of carbonyl (C=O) groups is 1. The topological polar surface area (TPSA) is 95.2 Å². The summed E-state index contributed by atoms with van der Waals surface area (Å²) < 4.78 is 27.5. The molecule has 4 aromatic rings. The fourth-order valence-electron chi connectivity index (χ4n) is 3.46. The number of imidazole rings is 1. The molecule has 2 N–H and O–H groups in total. The van der Waals surface area contributed by atoms with Gasteiger partial charge in [-0.05, 0) is 60.5 Å². The quantitative estimate of drug-likeness (QED) is 0.376. The minimum atomic E-state index is -3.76. The molecule has 0 aliphatic rings. The Labute approximate surface area is 198 Å². The maximum atomic E-state index is 13.1. The summed E-state index contributed by atoms with van der Waals surface area (Å²) in [5, 5.41) is 2.85. The van der Waals surface area contributed by atoms with E-state index in [1.165, 1.54) is 17.4 Å². The molecule has 4 rings (SSSR count). The first-order valence-electron chi connectivity index (χ1n) is 10.6. The number of sulfonamides is 1. The zero-order chi connectivity index (χ0) is 24.1. The Hall–Kier alpha value is -4.17. The number of aryl methyl sites for hydroxylation is 1. The van der Waals surface area contributed by atoms with E-state index in [0.717, 1.165) is 11.1 Å². The normalized spacial score (nSPS) is 11.5. The molecule has 3 aromatic carbocycles. The smallest absolute Gasteiger partial charge is 0.264 e. The average Bonchev–Trinajstić information content (AvgIpc) is 3.38. The molecule has 0 radical (unpaired) electrons. The number of hydrogen-bond donors (Lipinski definition) is 2. The first-order valence-corrected chi connectivity index (χ1v) is 12.0. The van der Waals surface area contributed by atoms with Gasteiger partial charge in [-0.3, -0.25) is 9.10 Å². The van der Waals surface area contributed by atoms with E-state index < -0.39 is 10.0 Å². The van der Waals surface area contributed by atoms with Crippen LogP contribution in [0.25, 0.3) is 17.5 Å². The Bertz CT molecular complexity index is 1440. The van der Waals surface area contributed by atoms with Crippen LogP contribution >= 0.6 is 0 Å². The molecule has 1 aromatic heterocycles. The van der Waals surface area contributed by atoms with Crippen LogP contribution in [0, 0.1) is 6.92 Å². The van der Waals surface area contributed by atoms with Crippen molar-refractivity contribution in [1.29, 1.82) is 0 Å². The van der Waals surface area contributed by atoms with Crippen LogP contribution in [0.2, 0.25) is 0 Å². The number of para-hydroxylation sites is 1. The molecule has 7 nitrogen and oxygen atoms in total. The number of anilines is 2. The van der Waals surface area contributed by atoms with Gasteiger partial charge in [0, 0.05) is 31.1 Å². The number of benzene rings is 3. The Morgan fingerprint density at radius 1 is 1.03 bits per heavy atom. The molecule has 8 heteroatoms. The van der Waals surface area contributed by atoms with Crippen LogP contribution in [0.15, 0.2) is 96.2 Å². The summed E-state index contributed by atoms with van der Waals surface area (Å²) in [5.74, 6) is 0.305. The van der Waals surface area contributed by atoms with Crippen LogP contribution < -0.4 is 9.62 Å². The van der Waals surface area contributed by atoms with Crippen LogP contribution in [-0.2, 0) is 14.8 Å². The van der Waals surface area contributed by atoms with Crippen LogP contribution in [-0.4, -0.2) is 31.3 Å². The molecule has 0 bridgehead atoms. The first-order chi connectivity index (χ1) is 16.3. The second-order valence-electron chi connectivity index (χ2n) is 7.69. The van der Waals surface area contributed by atoms with E-state index in [2.05, 4.69) is 15.3 Å². The number of H-pyrrole nitrogens is 1. The fourth-order valence-corrected chi connectivity index (χ4v) is 4.70. The van der Waals surface area contributed by atoms with Crippen LogP contribution in [0.5, 0.6) is 0 Å². The van der Waals surface area contributed by atoms with Crippen molar-refractivity contribution in [3.63, 3.8) is 0 Å². The predicted molar refractivity (Wildman–Crippen MR) is 135 cm³/mol. The number of carbonyl (C=O) groups excluding carboxylic acids is 1. The highest BCUT2D eigenvalue weighted by Crippen LogP contribution is 2.25. The molecule has 0 unspecified atom stereocenters. The molecule has 1 amide bonds. The summed E-state index contributed by atoms with van der Waals surface area (Å²) in [6, 6.07) is 21.1. The van der Waals surface area contributed by atoms with Gasteiger partial charge in [0.15, 0.2) is 0 Å². The van der Waals surface area contributed by atoms with Gasteiger partial charge in [-0.1, -0.05) is 36.4 Å². The maximum absolute atomic E-state index is 13.1. The van der Waals surface area contributed by atoms with Gasteiger partial charge in [0.2, 0.25) is 5.91 Å². The highest BCUT2D eigenvalue weighted by atomic mass is 32.2. The van der Waals surface area contributed by atoms with Gasteiger partial charge in [-0.15, -0.1) is 0 Å². The number of nitrogens with zero attached hydrogens (tertiary/aromatic N) is 2. The average molecular weight is 473 g/mol. The van der Waals surface area contributed by atoms with Crippen molar-refractivity contribution >= 4 is 33.4 Å². The number of amides is 1. The SMILES string of the molecule is Cc1cccc(N(C)S(=O)(=O)c2cccc(/C=C/C(=O)Nc3ccccc3-c3ncc[nH]3)c2)c1. The van der Waals surface area contributed by atoms with Crippen molar-refractivity contribution < 1.29 is 13.2 Å². The zero-order valence-electron chi connectivity index (χ0n) is 18.8. The molecule has 0 atom stereocenters. The second-order valence-corrected chi connectivity index (χ2v) is 9.66. The van der Waals surface area contributed by atoms with Crippen LogP contribution in [0.3, 0.4) is 0 Å². The summed E-state index contributed by atoms with van der Waals surface area (Å²) in [4.78, 5) is 20.0. The highest BCUT2D eigenvalue weighted by molar-refractivity contribution is 7.92. The van der Waals surface area contributed by atoms with Gasteiger partial charge in [0.25, 0.3) is 10.0 Å². The lowest BCUT2D eigenvalue weighted by molar-refractivity contribution is -0.111. The lowest BCUT2D eigenvalue weighted by Gasteiger charge is -2.20. The minimum Gasteiger partial charge on any atom is -0.345 e. The molecule has 172 valence electrons. The van der Waals surface area contributed by atoms with Gasteiger partial charge in [0.05, 0.1) is 16.3 Å². The molecular formula is C26H24N4O3S. The molecule has 1 heterocycles. The fraction of sp³-hybridized carbons (Fsp3) is 0.0769. The molecule has 0 saturated heterocycles. The van der Waals surface area contributed by atoms with E-state index in [1.54, 1.807) is 54.9 Å². The lowest BCUT2D eigenvalue weighted by atomic mass is 10.1. The number of nitrogens with one attached hydrogen (secondary N) is 2. The number of rotatable bonds is 7. The van der Waals surface area contributed by atoms with Crippen molar-refractivity contribution in [3.8, 4) is 11.4 Å². The van der Waals surface area contributed by atoms with Crippen molar-refractivity contribution in [1.82, 2.24) is 9.97 Å². The molecule has 0 spiro atoms. The summed E-state index contributed by atoms with van der Waals surface area (Å²) in [6.07, 6.45) is 6.31. The third kappa shape index (κ3) is 5.07. The summed E-state index contributed by atoms with van der Waals surface area (Å²) in [5.41, 5.74) is 3.52. The van der Waals surface area contributed by atoms with Gasteiger partial charge in [-0.25, -0.2) is 13.4 Å². The summed E-state index contributed by atoms with van der Waals surface area (Å²) >= 11 is 0. The van der Waals surface area contributed by atoms with Gasteiger partial charge in [-0.2, -0.15) is 0 Å². The largest absolute Gasteiger partial charge is 0.345 e. The Morgan fingerprint density at radius 2 is 1.82 bits per heavy atom. The molecule has 0 aliphatic heterocycles. The number of hydrogen-bond acceptors (Lipinski definition) is 4. The monoisotopic (exact) mass is 472 g/mol. The molecule has 0 fully saturated rings. The van der Waals surface area contributed by atoms with Crippen molar-refractivity contribution in [2.75, 3.05) is 16.7 Å². The van der Waals surface area contributed by atoms with Gasteiger partial charge >= 0.3 is 0 Å². The summed E-state index contributed by atoms with van der Waals surface area (Å²) in [7, 11) is -2.24. The van der Waals surface area contributed by atoms with E-state index in [-0.39, 0.29) is 10.8 Å². The molecule has 0 saturated carbocycles. The van der Waals surface area contributed by atoms with E-state index >= 15 is 0 Å². The number of aromatic nitrogens is 2. The van der Waals surface area contributed by atoms with Gasteiger partial charge in [0.1, 0.15) is 5.82 Å². The minimum absolute atomic E-state index is 0.141. The third-order valence-electron chi connectivity index (χ3n) is 5.25. The zero-order valence-corrected chi connectivity index (χ0v) is 19.6. The summed E-state index contributed by atoms with van der Waals surface area (Å²) in [6.45, 7) is 1.91. The van der Waals surface area contributed by atoms with E-state index in [4.69, 9.17) is 0 Å². The third-order valence-corrected chi connectivity index (χ3v) is 7.03. The second kappa shape index (κ2) is 9.76. The van der Waals surface area contributed by atoms with Crippen molar-refractivity contribution in [2.24, 2.45) is 0 Å². The molecule has 0 aliphatic carbocycles. The van der Waals surface area contributed by atoms with Gasteiger partial charge < -0.3 is 10.3 Å². The maximum Gasteiger partial charge on any atom is 0.264 e. The van der Waals surface area contributed by atoms with Crippen LogP contribution in [0.4, 0.5) is 11.4 Å². The first kappa shape index (κ1) is 23.0. The van der Waals surface area contributed by atoms with E-state index in [1.807, 2.05) is 43.3 Å². The van der Waals surface area contributed by atoms with Crippen molar-refractivity contribution in [2.45, 2.75) is 11.8 Å². The van der Waals surface area contributed by atoms with E-state index in [9.17, 15) is 13.2 Å². The van der Waals surface area contributed by atoms with E-state index in [0.29, 0.717) is 22.8 Å². The number of aromatic amines is 1.